The molecule has 0 N–H and O–H groups in total. The summed E-state index contributed by atoms with van der Waals surface area (Å²) in [5, 5.41) is 10.1. The predicted octanol–water partition coefficient (Wildman–Crippen LogP) is 13.5. The summed E-state index contributed by atoms with van der Waals surface area (Å²) in [5.41, 5.74) is 9.78. The Morgan fingerprint density at radius 3 is 1.51 bits per heavy atom. The van der Waals surface area contributed by atoms with E-state index in [-0.39, 0.29) is 0 Å². The van der Waals surface area contributed by atoms with Crippen molar-refractivity contribution in [3.05, 3.63) is 158 Å². The molecule has 0 saturated heterocycles. The van der Waals surface area contributed by atoms with Crippen LogP contribution in [0.4, 0.5) is 0 Å². The van der Waals surface area contributed by atoms with Gasteiger partial charge in [0.1, 0.15) is 33.7 Å². The Kier molecular flexibility index (Phi) is 5.38. The molecule has 0 fully saturated rings. The van der Waals surface area contributed by atoms with E-state index >= 15 is 0 Å². The second-order valence-corrected chi connectivity index (χ2v) is 12.7. The Hall–Kier alpha value is -6.58. The minimum absolute atomic E-state index is 0.796. The summed E-state index contributed by atoms with van der Waals surface area (Å²) in [6.45, 7) is 0. The Morgan fingerprint density at radius 2 is 0.816 bits per heavy atom. The van der Waals surface area contributed by atoms with E-state index in [4.69, 9.17) is 13.3 Å². The van der Waals surface area contributed by atoms with Gasteiger partial charge >= 0.3 is 0 Å². The fourth-order valence-corrected chi connectivity index (χ4v) is 7.99. The zero-order chi connectivity index (χ0) is 32.1. The second kappa shape index (κ2) is 9.96. The average Bonchev–Trinajstić information content (AvgIpc) is 3.84. The maximum absolute atomic E-state index is 6.87. The molecule has 3 aromatic heterocycles. The molecule has 0 aliphatic carbocycles. The highest BCUT2D eigenvalue weighted by Gasteiger charge is 2.26. The van der Waals surface area contributed by atoms with E-state index in [1.807, 2.05) is 30.3 Å². The number of hydrogen-bond donors (Lipinski definition) is 0. The molecule has 0 bridgehead atoms. The molecule has 0 aliphatic rings. The van der Waals surface area contributed by atoms with E-state index in [1.165, 1.54) is 0 Å². The number of furan rings is 3. The first kappa shape index (κ1) is 26.5. The lowest BCUT2D eigenvalue weighted by Gasteiger charge is -2.18. The quantitative estimate of drug-likeness (QED) is 0.183. The molecule has 3 nitrogen and oxygen atoms in total. The Labute approximate surface area is 280 Å². The normalized spacial score (nSPS) is 12.1. The number of fused-ring (bicyclic) bond motifs is 9. The SMILES string of the molecule is c1ccc(-c2oc3cc4oc5ccccc5c4cc3c2-c2c3ccccc3c(-c3cccc4c3oc3ccccc34)c3ccccc23)cc1. The maximum atomic E-state index is 6.87. The van der Waals surface area contributed by atoms with E-state index in [2.05, 4.69) is 127 Å². The third kappa shape index (κ3) is 3.73. The first-order valence-electron chi connectivity index (χ1n) is 16.6. The number of benzene rings is 8. The van der Waals surface area contributed by atoms with Gasteiger partial charge < -0.3 is 13.3 Å². The third-order valence-corrected chi connectivity index (χ3v) is 10.1. The Bertz CT molecular complexity index is 3040. The van der Waals surface area contributed by atoms with Gasteiger partial charge in [0.15, 0.2) is 0 Å². The molecule has 0 unspecified atom stereocenters. The fourth-order valence-electron chi connectivity index (χ4n) is 7.99. The molecule has 49 heavy (non-hydrogen) atoms. The van der Waals surface area contributed by atoms with Gasteiger partial charge in [-0.15, -0.1) is 0 Å². The lowest BCUT2D eigenvalue weighted by Crippen LogP contribution is -1.92. The smallest absolute Gasteiger partial charge is 0.143 e. The highest BCUT2D eigenvalue weighted by molar-refractivity contribution is 6.27. The fraction of sp³-hybridized carbons (Fsp3) is 0. The summed E-state index contributed by atoms with van der Waals surface area (Å²) in [4.78, 5) is 0. The zero-order valence-electron chi connectivity index (χ0n) is 26.2. The summed E-state index contributed by atoms with van der Waals surface area (Å²) in [5.74, 6) is 0.843. The molecule has 3 heterocycles. The minimum atomic E-state index is 0.796. The van der Waals surface area contributed by atoms with Crippen molar-refractivity contribution >= 4 is 76.4 Å². The largest absolute Gasteiger partial charge is 0.456 e. The number of rotatable bonds is 3. The maximum Gasteiger partial charge on any atom is 0.143 e. The Balaban J connectivity index is 1.31. The number of para-hydroxylation sites is 3. The van der Waals surface area contributed by atoms with Crippen molar-refractivity contribution < 1.29 is 13.3 Å². The summed E-state index contributed by atoms with van der Waals surface area (Å²) >= 11 is 0. The molecule has 11 rings (SSSR count). The first-order chi connectivity index (χ1) is 24.3. The van der Waals surface area contributed by atoms with E-state index in [9.17, 15) is 0 Å². The van der Waals surface area contributed by atoms with Crippen LogP contribution in [0.25, 0.3) is 110 Å². The van der Waals surface area contributed by atoms with Crippen molar-refractivity contribution in [3.8, 4) is 33.6 Å². The van der Waals surface area contributed by atoms with Crippen LogP contribution in [0, 0.1) is 0 Å². The average molecular weight is 627 g/mol. The molecule has 0 saturated carbocycles. The highest BCUT2D eigenvalue weighted by atomic mass is 16.3. The standard InChI is InChI=1S/C46H26O3/c1-2-13-27(14-3-1)45-44(37-25-36-29-16-9-10-23-38(29)47-40(36)26-41(37)49-45)43-32-19-6-4-17-30(32)42(31-18-5-7-20-33(31)43)35-22-12-21-34-28-15-8-11-24-39(28)48-46(34)35/h1-26H. The summed E-state index contributed by atoms with van der Waals surface area (Å²) < 4.78 is 19.8. The van der Waals surface area contributed by atoms with Crippen LogP contribution in [0.15, 0.2) is 171 Å². The molecule has 0 amide bonds. The molecule has 3 heteroatoms. The van der Waals surface area contributed by atoms with Gasteiger partial charge in [-0.05, 0) is 39.7 Å². The number of hydrogen-bond acceptors (Lipinski definition) is 3. The molecule has 0 radical (unpaired) electrons. The Morgan fingerprint density at radius 1 is 0.286 bits per heavy atom. The van der Waals surface area contributed by atoms with Crippen LogP contribution in [0.1, 0.15) is 0 Å². The van der Waals surface area contributed by atoms with E-state index < -0.39 is 0 Å². The van der Waals surface area contributed by atoms with Crippen LogP contribution in [-0.4, -0.2) is 0 Å². The van der Waals surface area contributed by atoms with E-state index in [0.29, 0.717) is 0 Å². The predicted molar refractivity (Wildman–Crippen MR) is 202 cm³/mol. The van der Waals surface area contributed by atoms with Crippen LogP contribution in [0.5, 0.6) is 0 Å². The first-order valence-corrected chi connectivity index (χ1v) is 16.6. The molecule has 8 aromatic carbocycles. The molecule has 11 aromatic rings. The van der Waals surface area contributed by atoms with Crippen molar-refractivity contribution in [1.82, 2.24) is 0 Å². The topological polar surface area (TPSA) is 39.4 Å². The van der Waals surface area contributed by atoms with Crippen LogP contribution >= 0.6 is 0 Å². The molecule has 228 valence electrons. The van der Waals surface area contributed by atoms with E-state index in [0.717, 1.165) is 110 Å². The van der Waals surface area contributed by atoms with Gasteiger partial charge in [0.05, 0.1) is 0 Å². The summed E-state index contributed by atoms with van der Waals surface area (Å²) in [7, 11) is 0. The van der Waals surface area contributed by atoms with Crippen molar-refractivity contribution in [2.24, 2.45) is 0 Å². The minimum Gasteiger partial charge on any atom is -0.456 e. The van der Waals surface area contributed by atoms with Gasteiger partial charge in [0.2, 0.25) is 0 Å². The van der Waals surface area contributed by atoms with Crippen LogP contribution < -0.4 is 0 Å². The van der Waals surface area contributed by atoms with Gasteiger partial charge in [-0.1, -0.05) is 133 Å². The van der Waals surface area contributed by atoms with Crippen molar-refractivity contribution in [2.45, 2.75) is 0 Å². The molecule has 0 atom stereocenters. The molecular weight excluding hydrogens is 601 g/mol. The third-order valence-electron chi connectivity index (χ3n) is 10.1. The van der Waals surface area contributed by atoms with Crippen molar-refractivity contribution in [3.63, 3.8) is 0 Å². The molecule has 0 aliphatic heterocycles. The summed E-state index contributed by atoms with van der Waals surface area (Å²) in [6.07, 6.45) is 0. The van der Waals surface area contributed by atoms with E-state index in [1.54, 1.807) is 0 Å². The highest BCUT2D eigenvalue weighted by Crippen LogP contribution is 2.51. The zero-order valence-corrected chi connectivity index (χ0v) is 26.2. The van der Waals surface area contributed by atoms with Gasteiger partial charge in [0.25, 0.3) is 0 Å². The second-order valence-electron chi connectivity index (χ2n) is 12.7. The lowest BCUT2D eigenvalue weighted by molar-refractivity contribution is 0.629. The van der Waals surface area contributed by atoms with Gasteiger partial charge in [-0.3, -0.25) is 0 Å². The molecular formula is C46H26O3. The summed E-state index contributed by atoms with van der Waals surface area (Å²) in [6, 6.07) is 55.3. The monoisotopic (exact) mass is 626 g/mol. The van der Waals surface area contributed by atoms with Gasteiger partial charge in [0, 0.05) is 60.8 Å². The van der Waals surface area contributed by atoms with Crippen LogP contribution in [-0.2, 0) is 0 Å². The van der Waals surface area contributed by atoms with Crippen molar-refractivity contribution in [2.75, 3.05) is 0 Å². The van der Waals surface area contributed by atoms with Gasteiger partial charge in [-0.25, -0.2) is 0 Å². The van der Waals surface area contributed by atoms with Crippen LogP contribution in [0.3, 0.4) is 0 Å². The van der Waals surface area contributed by atoms with Crippen molar-refractivity contribution in [1.29, 1.82) is 0 Å². The van der Waals surface area contributed by atoms with Crippen LogP contribution in [0.2, 0.25) is 0 Å². The lowest BCUT2D eigenvalue weighted by atomic mass is 9.84. The van der Waals surface area contributed by atoms with Gasteiger partial charge in [-0.2, -0.15) is 0 Å². The molecule has 0 spiro atoms.